The fourth-order valence-electron chi connectivity index (χ4n) is 6.44. The van der Waals surface area contributed by atoms with E-state index >= 15 is 0 Å². The van der Waals surface area contributed by atoms with Crippen molar-refractivity contribution >= 4 is 38.4 Å². The van der Waals surface area contributed by atoms with Crippen molar-refractivity contribution in [2.45, 2.75) is 45.1 Å². The number of nitrogens with one attached hydrogen (secondary N) is 1. The first-order valence-electron chi connectivity index (χ1n) is 15.3. The second-order valence-electron chi connectivity index (χ2n) is 11.7. The van der Waals surface area contributed by atoms with Gasteiger partial charge in [0.05, 0.1) is 29.1 Å². The second kappa shape index (κ2) is 13.0. The normalized spacial score (nSPS) is 17.2. The van der Waals surface area contributed by atoms with Crippen LogP contribution in [0.3, 0.4) is 0 Å². The van der Waals surface area contributed by atoms with E-state index in [0.29, 0.717) is 12.2 Å². The van der Waals surface area contributed by atoms with Gasteiger partial charge in [-0.15, -0.1) is 0 Å². The lowest BCUT2D eigenvalue weighted by Gasteiger charge is -2.48. The predicted octanol–water partition coefficient (Wildman–Crippen LogP) is 7.71. The number of carbonyl (C=O) groups excluding carboxylic acids is 1. The number of piperidine rings is 2. The average Bonchev–Trinajstić information content (AvgIpc) is 3.06. The monoisotopic (exact) mass is 638 g/mol. The SMILES string of the molecule is CCONC(=C1CCN(C2(C)CCN(C(=O)c3cc4ccccc4nc3-c3ccccc3)CC2)CC1)c1ccc(Br)cc1. The molecule has 4 aromatic rings. The van der Waals surface area contributed by atoms with E-state index in [2.05, 4.69) is 57.5 Å². The van der Waals surface area contributed by atoms with E-state index in [-0.39, 0.29) is 11.4 Å². The Balaban J connectivity index is 1.16. The van der Waals surface area contributed by atoms with Gasteiger partial charge in [-0.1, -0.05) is 76.6 Å². The number of benzene rings is 3. The number of aromatic nitrogens is 1. The van der Waals surface area contributed by atoms with Crippen LogP contribution in [0.2, 0.25) is 0 Å². The summed E-state index contributed by atoms with van der Waals surface area (Å²) in [6, 6.07) is 28.5. The molecule has 0 unspecified atom stereocenters. The molecule has 0 aliphatic carbocycles. The number of hydrogen-bond acceptors (Lipinski definition) is 5. The molecule has 3 aromatic carbocycles. The summed E-state index contributed by atoms with van der Waals surface area (Å²) < 4.78 is 1.07. The lowest BCUT2D eigenvalue weighted by Crippen LogP contribution is -2.56. The van der Waals surface area contributed by atoms with E-state index in [9.17, 15) is 4.79 Å². The summed E-state index contributed by atoms with van der Waals surface area (Å²) in [5.74, 6) is 0.0733. The number of fused-ring (bicyclic) bond motifs is 1. The molecule has 43 heavy (non-hydrogen) atoms. The summed E-state index contributed by atoms with van der Waals surface area (Å²) in [7, 11) is 0. The van der Waals surface area contributed by atoms with Crippen LogP contribution in [-0.4, -0.2) is 59.0 Å². The van der Waals surface area contributed by atoms with Gasteiger partial charge >= 0.3 is 0 Å². The van der Waals surface area contributed by atoms with Gasteiger partial charge in [-0.05, 0) is 74.9 Å². The molecule has 0 saturated carbocycles. The van der Waals surface area contributed by atoms with Gasteiger partial charge in [0.25, 0.3) is 5.91 Å². The third-order valence-corrected chi connectivity index (χ3v) is 9.59. The maximum atomic E-state index is 14.0. The highest BCUT2D eigenvalue weighted by Crippen LogP contribution is 2.35. The molecule has 2 aliphatic heterocycles. The van der Waals surface area contributed by atoms with Crippen LogP contribution in [0.5, 0.6) is 0 Å². The number of hydrogen-bond donors (Lipinski definition) is 1. The predicted molar refractivity (Wildman–Crippen MR) is 177 cm³/mol. The summed E-state index contributed by atoms with van der Waals surface area (Å²) in [4.78, 5) is 29.3. The van der Waals surface area contributed by atoms with Crippen molar-refractivity contribution in [3.63, 3.8) is 0 Å². The minimum atomic E-state index is 0.0668. The first kappa shape index (κ1) is 29.5. The number of carbonyl (C=O) groups is 1. The quantitative estimate of drug-likeness (QED) is 0.210. The van der Waals surface area contributed by atoms with Crippen LogP contribution in [-0.2, 0) is 4.84 Å². The topological polar surface area (TPSA) is 57.7 Å². The number of nitrogens with zero attached hydrogens (tertiary/aromatic N) is 3. The Bertz CT molecular complexity index is 1600. The van der Waals surface area contributed by atoms with Crippen molar-refractivity contribution in [1.29, 1.82) is 0 Å². The fourth-order valence-corrected chi connectivity index (χ4v) is 6.70. The molecule has 0 radical (unpaired) electrons. The van der Waals surface area contributed by atoms with Crippen molar-refractivity contribution in [3.05, 3.63) is 106 Å². The van der Waals surface area contributed by atoms with Crippen molar-refractivity contribution in [2.75, 3.05) is 32.8 Å². The summed E-state index contributed by atoms with van der Waals surface area (Å²) in [5, 5.41) is 0.992. The van der Waals surface area contributed by atoms with E-state index in [1.807, 2.05) is 72.5 Å². The zero-order valence-corrected chi connectivity index (χ0v) is 26.6. The molecule has 6 nitrogen and oxygen atoms in total. The van der Waals surface area contributed by atoms with Gasteiger partial charge in [0.2, 0.25) is 0 Å². The van der Waals surface area contributed by atoms with Gasteiger partial charge in [-0.3, -0.25) is 20.0 Å². The second-order valence-corrected chi connectivity index (χ2v) is 12.7. The molecule has 2 saturated heterocycles. The van der Waals surface area contributed by atoms with Gasteiger partial charge in [0, 0.05) is 47.1 Å². The molecule has 3 heterocycles. The first-order chi connectivity index (χ1) is 20.9. The third-order valence-electron chi connectivity index (χ3n) is 9.06. The van der Waals surface area contributed by atoms with Crippen molar-refractivity contribution in [2.24, 2.45) is 0 Å². The Kier molecular flexibility index (Phi) is 8.93. The van der Waals surface area contributed by atoms with Crippen molar-refractivity contribution in [3.8, 4) is 11.3 Å². The van der Waals surface area contributed by atoms with Crippen LogP contribution in [0.15, 0.2) is 95.0 Å². The summed E-state index contributed by atoms with van der Waals surface area (Å²) >= 11 is 3.55. The Morgan fingerprint density at radius 1 is 0.930 bits per heavy atom. The zero-order valence-electron chi connectivity index (χ0n) is 25.0. The Morgan fingerprint density at radius 2 is 1.60 bits per heavy atom. The van der Waals surface area contributed by atoms with Gasteiger partial charge < -0.3 is 4.90 Å². The van der Waals surface area contributed by atoms with Crippen LogP contribution >= 0.6 is 15.9 Å². The van der Waals surface area contributed by atoms with E-state index < -0.39 is 0 Å². The smallest absolute Gasteiger partial charge is 0.256 e. The highest BCUT2D eigenvalue weighted by molar-refractivity contribution is 9.10. The Morgan fingerprint density at radius 3 is 2.30 bits per heavy atom. The van der Waals surface area contributed by atoms with Crippen molar-refractivity contribution < 1.29 is 9.63 Å². The zero-order chi connectivity index (χ0) is 29.8. The number of hydroxylamine groups is 1. The molecule has 1 N–H and O–H groups in total. The van der Waals surface area contributed by atoms with E-state index in [1.165, 1.54) is 5.57 Å². The molecule has 2 aliphatic rings. The van der Waals surface area contributed by atoms with Crippen LogP contribution in [0, 0.1) is 0 Å². The van der Waals surface area contributed by atoms with Gasteiger partial charge in [-0.2, -0.15) is 0 Å². The van der Waals surface area contributed by atoms with Crippen LogP contribution in [0.1, 0.15) is 55.5 Å². The van der Waals surface area contributed by atoms with Gasteiger partial charge in [0.15, 0.2) is 0 Å². The number of pyridine rings is 1. The molecule has 0 atom stereocenters. The average molecular weight is 640 g/mol. The highest BCUT2D eigenvalue weighted by Gasteiger charge is 2.38. The molecule has 7 heteroatoms. The molecular weight excluding hydrogens is 600 g/mol. The van der Waals surface area contributed by atoms with Crippen LogP contribution in [0.25, 0.3) is 27.9 Å². The minimum absolute atomic E-state index is 0.0668. The van der Waals surface area contributed by atoms with E-state index in [0.717, 1.165) is 89.8 Å². The summed E-state index contributed by atoms with van der Waals surface area (Å²) in [6.45, 7) is 8.47. The Labute approximate surface area is 262 Å². The number of rotatable bonds is 7. The maximum Gasteiger partial charge on any atom is 0.256 e. The molecule has 2 fully saturated rings. The van der Waals surface area contributed by atoms with Gasteiger partial charge in [0.1, 0.15) is 0 Å². The number of amides is 1. The Hall–Kier alpha value is -3.52. The van der Waals surface area contributed by atoms with Crippen LogP contribution < -0.4 is 5.48 Å². The summed E-state index contributed by atoms with van der Waals surface area (Å²) in [5.41, 5.74) is 10.3. The lowest BCUT2D eigenvalue weighted by molar-refractivity contribution is 0.0256. The molecule has 0 spiro atoms. The van der Waals surface area contributed by atoms with Crippen molar-refractivity contribution in [1.82, 2.24) is 20.3 Å². The minimum Gasteiger partial charge on any atom is -0.338 e. The summed E-state index contributed by atoms with van der Waals surface area (Å²) in [6.07, 6.45) is 3.90. The van der Waals surface area contributed by atoms with E-state index in [1.54, 1.807) is 0 Å². The number of para-hydroxylation sites is 1. The third kappa shape index (κ3) is 6.40. The fraction of sp³-hybridized carbons (Fsp3) is 0.333. The first-order valence-corrected chi connectivity index (χ1v) is 16.1. The standard InChI is InChI=1S/C36H39BrN4O2/c1-3-43-39-33(27-13-15-30(37)16-14-27)28-17-21-41(22-18-28)36(2)19-23-40(24-20-36)35(42)31-25-29-11-7-8-12-32(29)38-34(31)26-9-5-4-6-10-26/h4-16,25,39H,3,17-24H2,1-2H3. The lowest BCUT2D eigenvalue weighted by atomic mass is 9.84. The molecule has 6 rings (SSSR count). The molecule has 222 valence electrons. The molecule has 0 bridgehead atoms. The molecule has 1 aromatic heterocycles. The van der Waals surface area contributed by atoms with Crippen LogP contribution in [0.4, 0.5) is 0 Å². The largest absolute Gasteiger partial charge is 0.338 e. The van der Waals surface area contributed by atoms with E-state index in [4.69, 9.17) is 9.82 Å². The molecular formula is C36H39BrN4O2. The number of halogens is 1. The molecule has 1 amide bonds. The van der Waals surface area contributed by atoms with Gasteiger partial charge in [-0.25, -0.2) is 4.98 Å². The highest BCUT2D eigenvalue weighted by atomic mass is 79.9. The number of likely N-dealkylation sites (tertiary alicyclic amines) is 2. The maximum absolute atomic E-state index is 14.0.